The topological polar surface area (TPSA) is 159 Å². The molecule has 0 aromatic heterocycles. The largest absolute Gasteiger partial charge is 0.480 e. The molecular weight excluding hydrogens is 373 g/mol. The standard InChI is InChI=1S/C11H14ClN3O6S.ClH/c1-5-7(12)2-6(22(19,20)21)3-9(5)15-11(18)14-4-8(13)10(16)17;/h2-3,8H,4,13H2,1H3,(H,16,17)(H2,14,15,18)(H,19,20,21);1H/t8-;/m0./s1. The molecule has 0 unspecified atom stereocenters. The number of halogens is 2. The SMILES string of the molecule is Cc1c(Cl)cc(S(=O)(=O)O)cc1NC(=O)NC[C@H](N)C(=O)O.Cl. The molecule has 1 atom stereocenters. The number of rotatable bonds is 5. The van der Waals surface area contributed by atoms with Gasteiger partial charge in [0, 0.05) is 17.3 Å². The second-order valence-electron chi connectivity index (χ2n) is 4.33. The Balaban J connectivity index is 0.00000484. The molecule has 2 amide bonds. The summed E-state index contributed by atoms with van der Waals surface area (Å²) in [6, 6.07) is -0.0222. The zero-order chi connectivity index (χ0) is 17.1. The fourth-order valence-corrected chi connectivity index (χ4v) is 2.21. The van der Waals surface area contributed by atoms with Gasteiger partial charge in [0.2, 0.25) is 0 Å². The smallest absolute Gasteiger partial charge is 0.322 e. The summed E-state index contributed by atoms with van der Waals surface area (Å²) in [5.41, 5.74) is 5.63. The van der Waals surface area contributed by atoms with Crippen molar-refractivity contribution in [3.8, 4) is 0 Å². The van der Waals surface area contributed by atoms with Crippen LogP contribution >= 0.6 is 24.0 Å². The van der Waals surface area contributed by atoms with Crippen molar-refractivity contribution < 1.29 is 27.7 Å². The summed E-state index contributed by atoms with van der Waals surface area (Å²) in [6.45, 7) is 1.20. The Labute approximate surface area is 143 Å². The van der Waals surface area contributed by atoms with Gasteiger partial charge < -0.3 is 21.5 Å². The molecule has 0 saturated heterocycles. The Kier molecular flexibility index (Phi) is 7.74. The molecule has 0 aliphatic heterocycles. The van der Waals surface area contributed by atoms with Crippen LogP contribution in [0.25, 0.3) is 0 Å². The lowest BCUT2D eigenvalue weighted by Gasteiger charge is -2.13. The normalized spacial score (nSPS) is 12.0. The molecule has 1 aromatic carbocycles. The minimum absolute atomic E-state index is 0. The Morgan fingerprint density at radius 1 is 1.39 bits per heavy atom. The quantitative estimate of drug-likeness (QED) is 0.468. The monoisotopic (exact) mass is 387 g/mol. The van der Waals surface area contributed by atoms with E-state index in [1.807, 2.05) is 0 Å². The summed E-state index contributed by atoms with van der Waals surface area (Å²) in [5, 5.41) is 13.1. The van der Waals surface area contributed by atoms with E-state index >= 15 is 0 Å². The highest BCUT2D eigenvalue weighted by Gasteiger charge is 2.17. The number of urea groups is 1. The number of nitrogens with one attached hydrogen (secondary N) is 2. The summed E-state index contributed by atoms with van der Waals surface area (Å²) in [6.07, 6.45) is 0. The fourth-order valence-electron chi connectivity index (χ4n) is 1.39. The Morgan fingerprint density at radius 2 is 1.96 bits per heavy atom. The molecule has 0 bridgehead atoms. The van der Waals surface area contributed by atoms with Crippen LogP contribution in [0.2, 0.25) is 5.02 Å². The summed E-state index contributed by atoms with van der Waals surface area (Å²) in [7, 11) is -4.49. The van der Waals surface area contributed by atoms with Crippen LogP contribution in [-0.2, 0) is 14.9 Å². The van der Waals surface area contributed by atoms with Crippen LogP contribution in [0.3, 0.4) is 0 Å². The first-order valence-corrected chi connectivity index (χ1v) is 7.65. The van der Waals surface area contributed by atoms with Crippen LogP contribution in [0.4, 0.5) is 10.5 Å². The minimum Gasteiger partial charge on any atom is -0.480 e. The van der Waals surface area contributed by atoms with E-state index in [9.17, 15) is 18.0 Å². The molecule has 6 N–H and O–H groups in total. The number of carbonyl (C=O) groups excluding carboxylic acids is 1. The van der Waals surface area contributed by atoms with Crippen molar-refractivity contribution in [3.63, 3.8) is 0 Å². The molecule has 0 aliphatic carbocycles. The molecule has 1 aromatic rings. The molecule has 12 heteroatoms. The summed E-state index contributed by atoms with van der Waals surface area (Å²) in [5.74, 6) is -1.28. The van der Waals surface area contributed by atoms with Gasteiger partial charge in [0.1, 0.15) is 6.04 Å². The van der Waals surface area contributed by atoms with E-state index in [1.165, 1.54) is 6.92 Å². The molecule has 23 heavy (non-hydrogen) atoms. The lowest BCUT2D eigenvalue weighted by atomic mass is 10.2. The number of hydrogen-bond acceptors (Lipinski definition) is 5. The highest BCUT2D eigenvalue weighted by Crippen LogP contribution is 2.27. The van der Waals surface area contributed by atoms with Crippen LogP contribution in [0.15, 0.2) is 17.0 Å². The Bertz CT molecular complexity index is 710. The molecule has 0 fully saturated rings. The van der Waals surface area contributed by atoms with Crippen molar-refractivity contribution in [2.75, 3.05) is 11.9 Å². The molecule has 0 heterocycles. The van der Waals surface area contributed by atoms with Crippen LogP contribution in [0.1, 0.15) is 5.56 Å². The van der Waals surface area contributed by atoms with Gasteiger partial charge in [0.05, 0.1) is 4.90 Å². The first-order valence-electron chi connectivity index (χ1n) is 5.83. The number of benzene rings is 1. The highest BCUT2D eigenvalue weighted by molar-refractivity contribution is 7.85. The number of hydrogen-bond donors (Lipinski definition) is 5. The number of carbonyl (C=O) groups is 2. The van der Waals surface area contributed by atoms with Crippen molar-refractivity contribution in [1.82, 2.24) is 5.32 Å². The van der Waals surface area contributed by atoms with E-state index in [0.717, 1.165) is 12.1 Å². The lowest BCUT2D eigenvalue weighted by molar-refractivity contribution is -0.138. The first-order chi connectivity index (χ1) is 10.0. The molecule has 1 rings (SSSR count). The number of aliphatic carboxylic acids is 1. The average molecular weight is 388 g/mol. The molecule has 0 radical (unpaired) electrons. The van der Waals surface area contributed by atoms with Crippen molar-refractivity contribution in [3.05, 3.63) is 22.7 Å². The van der Waals surface area contributed by atoms with Crippen molar-refractivity contribution in [1.29, 1.82) is 0 Å². The predicted octanol–water partition coefficient (Wildman–Crippen LogP) is 0.850. The van der Waals surface area contributed by atoms with Gasteiger partial charge in [-0.3, -0.25) is 9.35 Å². The van der Waals surface area contributed by atoms with E-state index in [-0.39, 0.29) is 29.7 Å². The predicted molar refractivity (Wildman–Crippen MR) is 85.9 cm³/mol. The van der Waals surface area contributed by atoms with Crippen LogP contribution in [-0.4, -0.2) is 42.7 Å². The van der Waals surface area contributed by atoms with Gasteiger partial charge in [-0.05, 0) is 24.6 Å². The number of carboxylic acid groups (broad SMARTS) is 1. The van der Waals surface area contributed by atoms with Gasteiger partial charge in [0.15, 0.2) is 0 Å². The number of amides is 2. The second kappa shape index (κ2) is 8.31. The third-order valence-electron chi connectivity index (χ3n) is 2.66. The van der Waals surface area contributed by atoms with Crippen LogP contribution in [0.5, 0.6) is 0 Å². The summed E-state index contributed by atoms with van der Waals surface area (Å²) < 4.78 is 31.2. The van der Waals surface area contributed by atoms with Gasteiger partial charge in [-0.25, -0.2) is 4.79 Å². The van der Waals surface area contributed by atoms with Gasteiger partial charge in [-0.15, -0.1) is 12.4 Å². The lowest BCUT2D eigenvalue weighted by Crippen LogP contribution is -2.43. The molecular formula is C11H15Cl2N3O6S. The third-order valence-corrected chi connectivity index (χ3v) is 3.89. The minimum atomic E-state index is -4.49. The maximum Gasteiger partial charge on any atom is 0.322 e. The zero-order valence-corrected chi connectivity index (χ0v) is 14.1. The van der Waals surface area contributed by atoms with Gasteiger partial charge in [-0.2, -0.15) is 8.42 Å². The molecule has 0 saturated carbocycles. The maximum atomic E-state index is 11.6. The number of anilines is 1. The Hall–Kier alpha value is -1.59. The second-order valence-corrected chi connectivity index (χ2v) is 6.16. The number of carboxylic acids is 1. The van der Waals surface area contributed by atoms with Crippen LogP contribution in [0, 0.1) is 6.92 Å². The van der Waals surface area contributed by atoms with E-state index < -0.39 is 33.1 Å². The van der Waals surface area contributed by atoms with Crippen molar-refractivity contribution in [2.24, 2.45) is 5.73 Å². The third kappa shape index (κ3) is 6.20. The van der Waals surface area contributed by atoms with Gasteiger partial charge >= 0.3 is 12.0 Å². The van der Waals surface area contributed by atoms with E-state index in [2.05, 4.69) is 10.6 Å². The average Bonchev–Trinajstić information content (AvgIpc) is 2.39. The maximum absolute atomic E-state index is 11.6. The summed E-state index contributed by atoms with van der Waals surface area (Å²) >= 11 is 5.83. The van der Waals surface area contributed by atoms with Gasteiger partial charge in [-0.1, -0.05) is 11.6 Å². The molecule has 0 spiro atoms. The van der Waals surface area contributed by atoms with Crippen molar-refractivity contribution >= 4 is 51.8 Å². The first kappa shape index (κ1) is 21.4. The summed E-state index contributed by atoms with van der Waals surface area (Å²) in [4.78, 5) is 21.7. The molecule has 0 aliphatic rings. The van der Waals surface area contributed by atoms with Gasteiger partial charge in [0.25, 0.3) is 10.1 Å². The van der Waals surface area contributed by atoms with E-state index in [1.54, 1.807) is 0 Å². The zero-order valence-electron chi connectivity index (χ0n) is 11.7. The molecule has 9 nitrogen and oxygen atoms in total. The van der Waals surface area contributed by atoms with Crippen LogP contribution < -0.4 is 16.4 Å². The highest BCUT2D eigenvalue weighted by atomic mass is 35.5. The van der Waals surface area contributed by atoms with E-state index in [0.29, 0.717) is 5.56 Å². The fraction of sp³-hybridized carbons (Fsp3) is 0.273. The Morgan fingerprint density at radius 3 is 2.43 bits per heavy atom. The van der Waals surface area contributed by atoms with Crippen molar-refractivity contribution in [2.45, 2.75) is 17.9 Å². The number of nitrogens with two attached hydrogens (primary N) is 1. The molecule has 130 valence electrons. The van der Waals surface area contributed by atoms with E-state index in [4.69, 9.17) is 27.0 Å².